The van der Waals surface area contributed by atoms with E-state index in [2.05, 4.69) is 24.4 Å². The molecule has 0 aliphatic carbocycles. The third-order valence-electron chi connectivity index (χ3n) is 2.11. The predicted octanol–water partition coefficient (Wildman–Crippen LogP) is 0.635. The van der Waals surface area contributed by atoms with E-state index in [0.29, 0.717) is 12.2 Å². The number of hydrogen-bond acceptors (Lipinski definition) is 6. The minimum absolute atomic E-state index is 0.313. The van der Waals surface area contributed by atoms with Gasteiger partial charge in [-0.25, -0.2) is 15.6 Å². The van der Waals surface area contributed by atoms with Gasteiger partial charge in [0.15, 0.2) is 0 Å². The third kappa shape index (κ3) is 15.0. The number of hydrazine groups is 2. The fourth-order valence-electron chi connectivity index (χ4n) is 1.00. The molecule has 0 aliphatic rings. The summed E-state index contributed by atoms with van der Waals surface area (Å²) in [6.45, 7) is 9.46. The van der Waals surface area contributed by atoms with Gasteiger partial charge in [-0.1, -0.05) is 13.5 Å². The van der Waals surface area contributed by atoms with E-state index in [1.165, 1.54) is 0 Å². The molecule has 0 unspecified atom stereocenters. The molecule has 114 valence electrons. The van der Waals surface area contributed by atoms with Crippen molar-refractivity contribution in [1.29, 1.82) is 0 Å². The molecular formula is C13H30N4O2. The predicted molar refractivity (Wildman–Crippen MR) is 79.4 cm³/mol. The molecule has 0 atom stereocenters. The standard InChI is InChI=1S/C8H15NO2.C5H15N3/c1-7(2)8(10)11-6-5-9(3)4;1-4-5-8(6-2)7-3/h1,5-6H2,2-4H3;6-7H,4-5H2,1-3H3. The topological polar surface area (TPSA) is 56.8 Å². The quantitative estimate of drug-likeness (QED) is 0.385. The average Bonchev–Trinajstić information content (AvgIpc) is 2.36. The van der Waals surface area contributed by atoms with Gasteiger partial charge in [0, 0.05) is 32.8 Å². The number of hydrogen-bond donors (Lipinski definition) is 2. The van der Waals surface area contributed by atoms with Crippen molar-refractivity contribution in [2.24, 2.45) is 0 Å². The van der Waals surface area contributed by atoms with Crippen LogP contribution in [-0.2, 0) is 9.53 Å². The van der Waals surface area contributed by atoms with Gasteiger partial charge in [-0.3, -0.25) is 0 Å². The molecule has 0 saturated carbocycles. The Labute approximate surface area is 117 Å². The summed E-state index contributed by atoms with van der Waals surface area (Å²) in [6.07, 6.45) is 1.15. The molecule has 6 heteroatoms. The number of likely N-dealkylation sites (N-methyl/N-ethyl adjacent to an activating group) is 1. The summed E-state index contributed by atoms with van der Waals surface area (Å²) >= 11 is 0. The molecule has 0 rings (SSSR count). The van der Waals surface area contributed by atoms with Gasteiger partial charge in [0.1, 0.15) is 6.61 Å². The first-order valence-electron chi connectivity index (χ1n) is 6.48. The van der Waals surface area contributed by atoms with Crippen molar-refractivity contribution in [3.63, 3.8) is 0 Å². The second kappa shape index (κ2) is 13.5. The van der Waals surface area contributed by atoms with Gasteiger partial charge in [0.05, 0.1) is 0 Å². The number of nitrogens with zero attached hydrogens (tertiary/aromatic N) is 2. The lowest BCUT2D eigenvalue weighted by Crippen LogP contribution is -2.44. The van der Waals surface area contributed by atoms with Crippen LogP contribution in [-0.4, -0.2) is 63.9 Å². The Hall–Kier alpha value is -0.950. The first-order chi connectivity index (χ1) is 8.88. The van der Waals surface area contributed by atoms with Crippen LogP contribution in [0.4, 0.5) is 0 Å². The van der Waals surface area contributed by atoms with Crippen molar-refractivity contribution in [3.05, 3.63) is 12.2 Å². The highest BCUT2D eigenvalue weighted by Gasteiger charge is 2.01. The van der Waals surface area contributed by atoms with E-state index >= 15 is 0 Å². The van der Waals surface area contributed by atoms with Gasteiger partial charge >= 0.3 is 5.97 Å². The van der Waals surface area contributed by atoms with Crippen LogP contribution < -0.4 is 10.9 Å². The average molecular weight is 274 g/mol. The van der Waals surface area contributed by atoms with Gasteiger partial charge < -0.3 is 9.64 Å². The molecule has 0 spiro atoms. The number of nitrogens with one attached hydrogen (secondary N) is 2. The van der Waals surface area contributed by atoms with E-state index in [1.807, 2.05) is 38.2 Å². The van der Waals surface area contributed by atoms with Gasteiger partial charge in [0.2, 0.25) is 0 Å². The maximum Gasteiger partial charge on any atom is 0.333 e. The second-order valence-corrected chi connectivity index (χ2v) is 4.32. The summed E-state index contributed by atoms with van der Waals surface area (Å²) in [6, 6.07) is 0. The zero-order chi connectivity index (χ0) is 15.3. The Morgan fingerprint density at radius 1 is 1.21 bits per heavy atom. The minimum Gasteiger partial charge on any atom is -0.461 e. The van der Waals surface area contributed by atoms with Crippen molar-refractivity contribution < 1.29 is 9.53 Å². The number of esters is 1. The van der Waals surface area contributed by atoms with E-state index in [-0.39, 0.29) is 5.97 Å². The van der Waals surface area contributed by atoms with Crippen LogP contribution in [0.1, 0.15) is 20.3 Å². The summed E-state index contributed by atoms with van der Waals surface area (Å²) in [4.78, 5) is 12.7. The minimum atomic E-state index is -0.313. The summed E-state index contributed by atoms with van der Waals surface area (Å²) < 4.78 is 4.83. The Bertz CT molecular complexity index is 241. The first kappa shape index (κ1) is 20.4. The van der Waals surface area contributed by atoms with E-state index in [0.717, 1.165) is 19.5 Å². The summed E-state index contributed by atoms with van der Waals surface area (Å²) in [5.74, 6) is -0.313. The maximum absolute atomic E-state index is 10.8. The second-order valence-electron chi connectivity index (χ2n) is 4.32. The molecular weight excluding hydrogens is 244 g/mol. The summed E-state index contributed by atoms with van der Waals surface area (Å²) in [5, 5.41) is 1.93. The largest absolute Gasteiger partial charge is 0.461 e. The fraction of sp³-hybridized carbons (Fsp3) is 0.769. The molecule has 0 radical (unpaired) electrons. The van der Waals surface area contributed by atoms with Gasteiger partial charge in [-0.15, -0.1) is 0 Å². The zero-order valence-electron chi connectivity index (χ0n) is 13.2. The van der Waals surface area contributed by atoms with Gasteiger partial charge in [-0.2, -0.15) is 5.12 Å². The van der Waals surface area contributed by atoms with Crippen molar-refractivity contribution in [3.8, 4) is 0 Å². The molecule has 2 N–H and O–H groups in total. The smallest absolute Gasteiger partial charge is 0.333 e. The SMILES string of the molecule is C=C(C)C(=O)OCCN(C)C.CCCN(NC)NC. The summed E-state index contributed by atoms with van der Waals surface area (Å²) in [5.41, 5.74) is 6.40. The molecule has 0 aromatic carbocycles. The molecule has 0 fully saturated rings. The number of ether oxygens (including phenoxy) is 1. The molecule has 0 aromatic heterocycles. The van der Waals surface area contributed by atoms with Crippen LogP contribution >= 0.6 is 0 Å². The van der Waals surface area contributed by atoms with Crippen molar-refractivity contribution in [1.82, 2.24) is 20.9 Å². The van der Waals surface area contributed by atoms with Crippen LogP contribution in [0.3, 0.4) is 0 Å². The molecule has 6 nitrogen and oxygen atoms in total. The van der Waals surface area contributed by atoms with Crippen molar-refractivity contribution in [2.75, 3.05) is 47.9 Å². The van der Waals surface area contributed by atoms with Crippen LogP contribution in [0.2, 0.25) is 0 Å². The maximum atomic E-state index is 10.8. The van der Waals surface area contributed by atoms with Crippen molar-refractivity contribution >= 4 is 5.97 Å². The Balaban J connectivity index is 0. The number of rotatable bonds is 8. The lowest BCUT2D eigenvalue weighted by atomic mass is 10.4. The van der Waals surface area contributed by atoms with Gasteiger partial charge in [0.25, 0.3) is 0 Å². The molecule has 0 aromatic rings. The molecule has 0 aliphatic heterocycles. The highest BCUT2D eigenvalue weighted by Crippen LogP contribution is 1.91. The van der Waals surface area contributed by atoms with Crippen molar-refractivity contribution in [2.45, 2.75) is 20.3 Å². The molecule has 0 bridgehead atoms. The van der Waals surface area contributed by atoms with E-state index in [4.69, 9.17) is 4.74 Å². The first-order valence-corrected chi connectivity index (χ1v) is 6.48. The molecule has 0 saturated heterocycles. The van der Waals surface area contributed by atoms with Crippen LogP contribution in [0.15, 0.2) is 12.2 Å². The summed E-state index contributed by atoms with van der Waals surface area (Å²) in [7, 11) is 7.64. The molecule has 0 heterocycles. The van der Waals surface area contributed by atoms with E-state index in [9.17, 15) is 4.79 Å². The van der Waals surface area contributed by atoms with Crippen LogP contribution in [0.5, 0.6) is 0 Å². The highest BCUT2D eigenvalue weighted by atomic mass is 16.5. The Morgan fingerprint density at radius 2 is 1.74 bits per heavy atom. The monoisotopic (exact) mass is 274 g/mol. The lowest BCUT2D eigenvalue weighted by molar-refractivity contribution is -0.139. The molecule has 19 heavy (non-hydrogen) atoms. The number of carbonyl (C=O) groups excluding carboxylic acids is 1. The number of carbonyl (C=O) groups is 1. The normalized spacial score (nSPS) is 10.1. The van der Waals surface area contributed by atoms with Gasteiger partial charge in [-0.05, 0) is 27.4 Å². The van der Waals surface area contributed by atoms with Crippen LogP contribution in [0, 0.1) is 0 Å². The Morgan fingerprint density at radius 3 is 2.00 bits per heavy atom. The molecule has 0 amide bonds. The van der Waals surface area contributed by atoms with E-state index in [1.54, 1.807) is 6.92 Å². The zero-order valence-corrected chi connectivity index (χ0v) is 13.2. The highest BCUT2D eigenvalue weighted by molar-refractivity contribution is 5.86. The lowest BCUT2D eigenvalue weighted by Gasteiger charge is -2.17. The third-order valence-corrected chi connectivity index (χ3v) is 2.11. The van der Waals surface area contributed by atoms with Crippen LogP contribution in [0.25, 0.3) is 0 Å². The fourth-order valence-corrected chi connectivity index (χ4v) is 1.00. The van der Waals surface area contributed by atoms with E-state index < -0.39 is 0 Å². The Kier molecular flexibility index (Phi) is 14.5.